The Hall–Kier alpha value is -0.520. The topological polar surface area (TPSA) is 0 Å². The van der Waals surface area contributed by atoms with Crippen LogP contribution in [0.2, 0.25) is 0 Å². The van der Waals surface area contributed by atoms with Crippen molar-refractivity contribution >= 4 is 0 Å². The first-order valence-electron chi connectivity index (χ1n) is 3.46. The van der Waals surface area contributed by atoms with Crippen LogP contribution < -0.4 is 0 Å². The van der Waals surface area contributed by atoms with Crippen molar-refractivity contribution < 1.29 is 0 Å². The molecule has 0 amide bonds. The van der Waals surface area contributed by atoms with Gasteiger partial charge in [0.1, 0.15) is 0 Å². The lowest BCUT2D eigenvalue weighted by Gasteiger charge is -2.02. The number of allylic oxidation sites excluding steroid dienone is 3. The molecule has 0 saturated heterocycles. The molecule has 0 aromatic heterocycles. The fraction of sp³-hybridized carbons (Fsp3) is 0.556. The van der Waals surface area contributed by atoms with E-state index in [9.17, 15) is 0 Å². The monoisotopic (exact) mass is 124 g/mol. The molecule has 0 spiro atoms. The van der Waals surface area contributed by atoms with E-state index in [2.05, 4.69) is 33.4 Å². The Balaban J connectivity index is 3.68. The molecular weight excluding hydrogens is 108 g/mol. The second kappa shape index (κ2) is 4.37. The summed E-state index contributed by atoms with van der Waals surface area (Å²) in [4.78, 5) is 0. The predicted octanol–water partition coefficient (Wildman–Crippen LogP) is 3.16. The SMILES string of the molecule is C=CCC=C(C)C(C)C. The first-order valence-corrected chi connectivity index (χ1v) is 3.46. The van der Waals surface area contributed by atoms with Crippen molar-refractivity contribution in [3.05, 3.63) is 24.3 Å². The van der Waals surface area contributed by atoms with E-state index in [0.717, 1.165) is 6.42 Å². The van der Waals surface area contributed by atoms with Crippen molar-refractivity contribution in [2.75, 3.05) is 0 Å². The van der Waals surface area contributed by atoms with Gasteiger partial charge in [-0.15, -0.1) is 6.58 Å². The zero-order chi connectivity index (χ0) is 7.28. The summed E-state index contributed by atoms with van der Waals surface area (Å²) < 4.78 is 0. The predicted molar refractivity (Wildman–Crippen MR) is 43.4 cm³/mol. The largest absolute Gasteiger partial charge is 0.103 e. The molecule has 0 aromatic rings. The van der Waals surface area contributed by atoms with Crippen LogP contribution in [0.1, 0.15) is 27.2 Å². The Kier molecular flexibility index (Phi) is 4.12. The van der Waals surface area contributed by atoms with Crippen molar-refractivity contribution in [3.63, 3.8) is 0 Å². The van der Waals surface area contributed by atoms with E-state index < -0.39 is 0 Å². The van der Waals surface area contributed by atoms with Crippen LogP contribution in [0.15, 0.2) is 24.3 Å². The first-order chi connectivity index (χ1) is 4.18. The van der Waals surface area contributed by atoms with Gasteiger partial charge in [-0.25, -0.2) is 0 Å². The molecule has 0 atom stereocenters. The highest BCUT2D eigenvalue weighted by atomic mass is 14.0. The maximum atomic E-state index is 3.65. The van der Waals surface area contributed by atoms with Gasteiger partial charge in [-0.1, -0.05) is 31.6 Å². The molecule has 0 heterocycles. The smallest absolute Gasteiger partial charge is 0.0169 e. The van der Waals surface area contributed by atoms with Gasteiger partial charge < -0.3 is 0 Å². The Labute approximate surface area is 58.3 Å². The minimum atomic E-state index is 0.685. The summed E-state index contributed by atoms with van der Waals surface area (Å²) in [7, 11) is 0. The third-order valence-corrected chi connectivity index (χ3v) is 1.52. The normalized spacial score (nSPS) is 12.2. The van der Waals surface area contributed by atoms with E-state index in [1.54, 1.807) is 0 Å². The van der Waals surface area contributed by atoms with E-state index in [4.69, 9.17) is 0 Å². The van der Waals surface area contributed by atoms with Gasteiger partial charge in [0.2, 0.25) is 0 Å². The molecule has 0 heteroatoms. The summed E-state index contributed by atoms with van der Waals surface area (Å²) in [5.74, 6) is 0.685. The lowest BCUT2D eigenvalue weighted by Crippen LogP contribution is -1.87. The van der Waals surface area contributed by atoms with E-state index in [1.165, 1.54) is 5.57 Å². The van der Waals surface area contributed by atoms with Gasteiger partial charge >= 0.3 is 0 Å². The summed E-state index contributed by atoms with van der Waals surface area (Å²) in [5.41, 5.74) is 1.45. The average molecular weight is 124 g/mol. The fourth-order valence-corrected chi connectivity index (χ4v) is 0.505. The average Bonchev–Trinajstić information content (AvgIpc) is 1.82. The van der Waals surface area contributed by atoms with Crippen molar-refractivity contribution in [1.29, 1.82) is 0 Å². The second-order valence-corrected chi connectivity index (χ2v) is 2.63. The molecule has 0 rings (SSSR count). The van der Waals surface area contributed by atoms with Gasteiger partial charge in [0.15, 0.2) is 0 Å². The Morgan fingerprint density at radius 1 is 1.56 bits per heavy atom. The molecule has 0 saturated carbocycles. The maximum Gasteiger partial charge on any atom is -0.0169 e. The molecule has 0 aliphatic carbocycles. The summed E-state index contributed by atoms with van der Waals surface area (Å²) in [5, 5.41) is 0. The van der Waals surface area contributed by atoms with E-state index >= 15 is 0 Å². The number of hydrogen-bond acceptors (Lipinski definition) is 0. The van der Waals surface area contributed by atoms with Gasteiger partial charge in [0, 0.05) is 0 Å². The summed E-state index contributed by atoms with van der Waals surface area (Å²) in [6.45, 7) is 10.2. The fourth-order valence-electron chi connectivity index (χ4n) is 0.505. The molecule has 0 bridgehead atoms. The Bertz CT molecular complexity index is 107. The lowest BCUT2D eigenvalue weighted by molar-refractivity contribution is 0.765. The van der Waals surface area contributed by atoms with Crippen LogP contribution in [0, 0.1) is 5.92 Å². The molecule has 9 heavy (non-hydrogen) atoms. The molecule has 0 aromatic carbocycles. The Morgan fingerprint density at radius 3 is 2.44 bits per heavy atom. The molecule has 0 unspecified atom stereocenters. The highest BCUT2D eigenvalue weighted by Gasteiger charge is 1.92. The van der Waals surface area contributed by atoms with Crippen molar-refractivity contribution in [2.24, 2.45) is 5.92 Å². The van der Waals surface area contributed by atoms with Crippen LogP contribution in [-0.4, -0.2) is 0 Å². The summed E-state index contributed by atoms with van der Waals surface area (Å²) in [6.07, 6.45) is 5.15. The van der Waals surface area contributed by atoms with Gasteiger partial charge in [-0.05, 0) is 19.3 Å². The molecule has 0 aliphatic rings. The Morgan fingerprint density at radius 2 is 2.11 bits per heavy atom. The molecular formula is C9H16. The highest BCUT2D eigenvalue weighted by molar-refractivity contribution is 5.02. The summed E-state index contributed by atoms with van der Waals surface area (Å²) >= 11 is 0. The van der Waals surface area contributed by atoms with E-state index in [0.29, 0.717) is 5.92 Å². The molecule has 52 valence electrons. The van der Waals surface area contributed by atoms with Crippen LogP contribution in [0.4, 0.5) is 0 Å². The zero-order valence-corrected chi connectivity index (χ0v) is 6.65. The minimum absolute atomic E-state index is 0.685. The highest BCUT2D eigenvalue weighted by Crippen LogP contribution is 2.08. The van der Waals surface area contributed by atoms with E-state index in [-0.39, 0.29) is 0 Å². The van der Waals surface area contributed by atoms with E-state index in [1.807, 2.05) is 6.08 Å². The molecule has 0 fully saturated rings. The van der Waals surface area contributed by atoms with Gasteiger partial charge in [-0.3, -0.25) is 0 Å². The van der Waals surface area contributed by atoms with Crippen molar-refractivity contribution in [2.45, 2.75) is 27.2 Å². The van der Waals surface area contributed by atoms with Crippen LogP contribution in [0.25, 0.3) is 0 Å². The maximum absolute atomic E-state index is 3.65. The number of hydrogen-bond donors (Lipinski definition) is 0. The molecule has 0 aliphatic heterocycles. The first kappa shape index (κ1) is 8.48. The second-order valence-electron chi connectivity index (χ2n) is 2.63. The minimum Gasteiger partial charge on any atom is -0.103 e. The third kappa shape index (κ3) is 4.01. The third-order valence-electron chi connectivity index (χ3n) is 1.52. The van der Waals surface area contributed by atoms with Crippen molar-refractivity contribution in [1.82, 2.24) is 0 Å². The van der Waals surface area contributed by atoms with Crippen molar-refractivity contribution in [3.8, 4) is 0 Å². The molecule has 0 N–H and O–H groups in total. The quantitative estimate of drug-likeness (QED) is 0.507. The van der Waals surface area contributed by atoms with Gasteiger partial charge in [0.25, 0.3) is 0 Å². The van der Waals surface area contributed by atoms with Gasteiger partial charge in [0.05, 0.1) is 0 Å². The summed E-state index contributed by atoms with van der Waals surface area (Å²) in [6, 6.07) is 0. The zero-order valence-electron chi connectivity index (χ0n) is 6.65. The van der Waals surface area contributed by atoms with Gasteiger partial charge in [-0.2, -0.15) is 0 Å². The van der Waals surface area contributed by atoms with Crippen LogP contribution >= 0.6 is 0 Å². The standard InChI is InChI=1S/C9H16/c1-5-6-7-9(4)8(2)3/h5,7-8H,1,6H2,2-4H3. The van der Waals surface area contributed by atoms with Crippen LogP contribution in [0.5, 0.6) is 0 Å². The number of rotatable bonds is 3. The molecule has 0 nitrogen and oxygen atoms in total. The van der Waals surface area contributed by atoms with Crippen LogP contribution in [0.3, 0.4) is 0 Å². The van der Waals surface area contributed by atoms with Crippen LogP contribution in [-0.2, 0) is 0 Å². The lowest BCUT2D eigenvalue weighted by atomic mass is 10.0. The molecule has 0 radical (unpaired) electrons.